The molecular formula is C52H34N6. The Labute approximate surface area is 336 Å². The van der Waals surface area contributed by atoms with Crippen LogP contribution in [0.4, 0.5) is 0 Å². The molecule has 272 valence electrons. The van der Waals surface area contributed by atoms with Gasteiger partial charge in [-0.2, -0.15) is 0 Å². The Balaban J connectivity index is 1.21. The summed E-state index contributed by atoms with van der Waals surface area (Å²) in [6.45, 7) is 0. The van der Waals surface area contributed by atoms with Gasteiger partial charge in [-0.15, -0.1) is 0 Å². The summed E-state index contributed by atoms with van der Waals surface area (Å²) in [5, 5.41) is 1.95. The molecule has 0 fully saturated rings. The molecule has 6 heteroatoms. The van der Waals surface area contributed by atoms with E-state index in [1.807, 2.05) is 121 Å². The summed E-state index contributed by atoms with van der Waals surface area (Å²) in [4.78, 5) is 31.1. The maximum absolute atomic E-state index is 5.27. The van der Waals surface area contributed by atoms with Crippen molar-refractivity contribution in [2.75, 3.05) is 0 Å². The molecule has 0 radical (unpaired) electrons. The minimum Gasteiger partial charge on any atom is -0.208 e. The molecule has 0 atom stereocenters. The zero-order valence-electron chi connectivity index (χ0n) is 31.3. The predicted molar refractivity (Wildman–Crippen MR) is 234 cm³/mol. The van der Waals surface area contributed by atoms with Crippen molar-refractivity contribution >= 4 is 10.8 Å². The Morgan fingerprint density at radius 2 is 0.466 bits per heavy atom. The molecule has 10 aromatic rings. The Bertz CT molecular complexity index is 2840. The predicted octanol–water partition coefficient (Wildman–Crippen LogP) is 12.5. The second kappa shape index (κ2) is 15.3. The number of hydrogen-bond donors (Lipinski definition) is 0. The number of benzene rings is 8. The molecule has 0 aliphatic rings. The molecule has 0 aliphatic heterocycles. The molecule has 0 saturated heterocycles. The van der Waals surface area contributed by atoms with Gasteiger partial charge in [0.25, 0.3) is 0 Å². The first-order chi connectivity index (χ1) is 28.8. The third-order valence-electron chi connectivity index (χ3n) is 10.2. The van der Waals surface area contributed by atoms with Crippen molar-refractivity contribution in [3.63, 3.8) is 0 Å². The first-order valence-electron chi connectivity index (χ1n) is 19.2. The molecule has 0 N–H and O–H groups in total. The fourth-order valence-electron chi connectivity index (χ4n) is 7.48. The van der Waals surface area contributed by atoms with Crippen LogP contribution < -0.4 is 0 Å². The van der Waals surface area contributed by atoms with E-state index in [0.29, 0.717) is 34.9 Å². The van der Waals surface area contributed by atoms with E-state index in [2.05, 4.69) is 84.9 Å². The van der Waals surface area contributed by atoms with E-state index in [1.54, 1.807) is 0 Å². The van der Waals surface area contributed by atoms with Gasteiger partial charge in [0.15, 0.2) is 34.9 Å². The lowest BCUT2D eigenvalue weighted by Crippen LogP contribution is -2.03. The van der Waals surface area contributed by atoms with Crippen LogP contribution in [0.15, 0.2) is 206 Å². The highest BCUT2D eigenvalue weighted by molar-refractivity contribution is 6.05. The maximum Gasteiger partial charge on any atom is 0.164 e. The number of aromatic nitrogens is 6. The van der Waals surface area contributed by atoms with E-state index in [1.165, 1.54) is 0 Å². The normalized spacial score (nSPS) is 11.1. The van der Waals surface area contributed by atoms with Gasteiger partial charge in [-0.1, -0.05) is 206 Å². The summed E-state index contributed by atoms with van der Waals surface area (Å²) >= 11 is 0. The van der Waals surface area contributed by atoms with Crippen molar-refractivity contribution in [1.29, 1.82) is 0 Å². The van der Waals surface area contributed by atoms with E-state index in [-0.39, 0.29) is 0 Å². The molecule has 58 heavy (non-hydrogen) atoms. The van der Waals surface area contributed by atoms with Gasteiger partial charge in [0.2, 0.25) is 0 Å². The van der Waals surface area contributed by atoms with Crippen molar-refractivity contribution in [2.45, 2.75) is 0 Å². The fourth-order valence-corrected chi connectivity index (χ4v) is 7.48. The SMILES string of the molecule is c1ccc(-c2nc(-c3ccccc3-c3ccccc3)nc(-c3cccc4cccc(-c5nc(-c6ccccc6)nc(-c6ccccc6-c6ccccc6)n5)c34)n2)cc1. The molecular weight excluding hydrogens is 709 g/mol. The quantitative estimate of drug-likeness (QED) is 0.154. The van der Waals surface area contributed by atoms with Gasteiger partial charge < -0.3 is 0 Å². The molecule has 0 unspecified atom stereocenters. The standard InChI is InChI=1S/C52H34N6/c1-5-19-35(20-6-1)40-29-13-15-31-42(40)49-53-47(38-23-9-3-10-24-38)55-51(57-49)44-33-17-27-37-28-18-34-45(46(37)44)52-56-48(39-25-11-4-12-26-39)54-50(58-52)43-32-16-14-30-41(43)36-21-7-2-8-22-36/h1-34H. The van der Waals surface area contributed by atoms with Gasteiger partial charge in [-0.3, -0.25) is 0 Å². The van der Waals surface area contributed by atoms with Crippen LogP contribution in [0.5, 0.6) is 0 Å². The molecule has 2 heterocycles. The van der Waals surface area contributed by atoms with Gasteiger partial charge in [-0.25, -0.2) is 29.9 Å². The molecule has 0 saturated carbocycles. The first-order valence-corrected chi connectivity index (χ1v) is 19.2. The summed E-state index contributed by atoms with van der Waals surface area (Å²) in [5.74, 6) is 3.45. The van der Waals surface area contributed by atoms with Crippen LogP contribution in [0.3, 0.4) is 0 Å². The maximum atomic E-state index is 5.27. The van der Waals surface area contributed by atoms with Gasteiger partial charge in [-0.05, 0) is 27.6 Å². The second-order valence-electron chi connectivity index (χ2n) is 13.9. The van der Waals surface area contributed by atoms with Crippen molar-refractivity contribution in [3.05, 3.63) is 206 Å². The molecule has 10 rings (SSSR count). The van der Waals surface area contributed by atoms with Gasteiger partial charge >= 0.3 is 0 Å². The number of rotatable bonds is 8. The van der Waals surface area contributed by atoms with Crippen LogP contribution in [0.2, 0.25) is 0 Å². The number of nitrogens with zero attached hydrogens (tertiary/aromatic N) is 6. The highest BCUT2D eigenvalue weighted by atomic mass is 15.0. The highest BCUT2D eigenvalue weighted by Gasteiger charge is 2.21. The summed E-state index contributed by atoms with van der Waals surface area (Å²) in [5.41, 5.74) is 9.58. The van der Waals surface area contributed by atoms with Crippen LogP contribution in [-0.4, -0.2) is 29.9 Å². The van der Waals surface area contributed by atoms with Crippen LogP contribution in [-0.2, 0) is 0 Å². The van der Waals surface area contributed by atoms with Crippen LogP contribution in [0.1, 0.15) is 0 Å². The number of hydrogen-bond acceptors (Lipinski definition) is 6. The van der Waals surface area contributed by atoms with E-state index in [9.17, 15) is 0 Å². The molecule has 0 amide bonds. The van der Waals surface area contributed by atoms with E-state index < -0.39 is 0 Å². The Hall–Kier alpha value is -7.96. The molecule has 0 spiro atoms. The van der Waals surface area contributed by atoms with E-state index in [4.69, 9.17) is 29.9 Å². The largest absolute Gasteiger partial charge is 0.208 e. The Kier molecular flexibility index (Phi) is 9.10. The lowest BCUT2D eigenvalue weighted by molar-refractivity contribution is 1.07. The third-order valence-corrected chi connectivity index (χ3v) is 10.2. The highest BCUT2D eigenvalue weighted by Crippen LogP contribution is 2.39. The average molecular weight is 743 g/mol. The van der Waals surface area contributed by atoms with E-state index >= 15 is 0 Å². The zero-order valence-corrected chi connectivity index (χ0v) is 31.3. The first kappa shape index (κ1) is 34.5. The molecule has 6 nitrogen and oxygen atoms in total. The van der Waals surface area contributed by atoms with Crippen molar-refractivity contribution < 1.29 is 0 Å². The topological polar surface area (TPSA) is 77.3 Å². The Morgan fingerprint density at radius 1 is 0.190 bits per heavy atom. The zero-order chi connectivity index (χ0) is 38.7. The second-order valence-corrected chi connectivity index (χ2v) is 13.9. The molecule has 8 aromatic carbocycles. The monoisotopic (exact) mass is 742 g/mol. The summed E-state index contributed by atoms with van der Waals surface area (Å²) in [6.07, 6.45) is 0. The van der Waals surface area contributed by atoms with Crippen molar-refractivity contribution in [2.24, 2.45) is 0 Å². The minimum atomic E-state index is 0.553. The minimum absolute atomic E-state index is 0.553. The van der Waals surface area contributed by atoms with Crippen LogP contribution >= 0.6 is 0 Å². The molecule has 0 bridgehead atoms. The lowest BCUT2D eigenvalue weighted by atomic mass is 9.97. The van der Waals surface area contributed by atoms with Crippen molar-refractivity contribution in [3.8, 4) is 90.6 Å². The van der Waals surface area contributed by atoms with Crippen molar-refractivity contribution in [1.82, 2.24) is 29.9 Å². The number of fused-ring (bicyclic) bond motifs is 1. The lowest BCUT2D eigenvalue weighted by Gasteiger charge is -2.15. The smallest absolute Gasteiger partial charge is 0.164 e. The summed E-state index contributed by atoms with van der Waals surface area (Å²) in [6, 6.07) is 69.9. The third kappa shape index (κ3) is 6.69. The molecule has 0 aliphatic carbocycles. The molecule has 2 aromatic heterocycles. The summed E-state index contributed by atoms with van der Waals surface area (Å²) < 4.78 is 0. The van der Waals surface area contributed by atoms with Crippen LogP contribution in [0.25, 0.3) is 101 Å². The van der Waals surface area contributed by atoms with Gasteiger partial charge in [0, 0.05) is 38.8 Å². The average Bonchev–Trinajstić information content (AvgIpc) is 3.32. The van der Waals surface area contributed by atoms with Crippen LogP contribution in [0, 0.1) is 0 Å². The Morgan fingerprint density at radius 3 is 0.845 bits per heavy atom. The summed E-state index contributed by atoms with van der Waals surface area (Å²) in [7, 11) is 0. The van der Waals surface area contributed by atoms with E-state index in [0.717, 1.165) is 66.4 Å². The van der Waals surface area contributed by atoms with Gasteiger partial charge in [0.05, 0.1) is 0 Å². The fraction of sp³-hybridized carbons (Fsp3) is 0. The van der Waals surface area contributed by atoms with Gasteiger partial charge in [0.1, 0.15) is 0 Å².